The Morgan fingerprint density at radius 1 is 1.06 bits per heavy atom. The van der Waals surface area contributed by atoms with Crippen molar-refractivity contribution in [1.82, 2.24) is 15.3 Å². The van der Waals surface area contributed by atoms with Gasteiger partial charge in [0, 0.05) is 11.8 Å². The van der Waals surface area contributed by atoms with Gasteiger partial charge in [0.2, 0.25) is 5.89 Å². The number of fused-ring (bicyclic) bond motifs is 2. The van der Waals surface area contributed by atoms with Gasteiger partial charge in [-0.15, -0.1) is 0 Å². The molecule has 8 heteroatoms. The van der Waals surface area contributed by atoms with Gasteiger partial charge in [0.25, 0.3) is 0 Å². The number of carbonyl (C=O) groups excluding carboxylic acids is 1. The van der Waals surface area contributed by atoms with E-state index in [1.54, 1.807) is 39.0 Å². The van der Waals surface area contributed by atoms with Crippen LogP contribution in [-0.2, 0) is 16.0 Å². The van der Waals surface area contributed by atoms with Gasteiger partial charge in [-0.1, -0.05) is 30.3 Å². The molecule has 4 rings (SSSR count). The Balaban J connectivity index is 1.56. The van der Waals surface area contributed by atoms with Gasteiger partial charge in [-0.2, -0.15) is 0 Å². The van der Waals surface area contributed by atoms with E-state index in [-0.39, 0.29) is 6.42 Å². The van der Waals surface area contributed by atoms with Crippen molar-refractivity contribution < 1.29 is 23.8 Å². The third-order valence-electron chi connectivity index (χ3n) is 4.70. The van der Waals surface area contributed by atoms with Gasteiger partial charge < -0.3 is 19.6 Å². The van der Waals surface area contributed by atoms with Gasteiger partial charge in [-0.25, -0.2) is 19.6 Å². The molecule has 1 atom stereocenters. The number of carboxylic acids is 1. The van der Waals surface area contributed by atoms with Crippen LogP contribution < -0.4 is 5.32 Å². The van der Waals surface area contributed by atoms with Gasteiger partial charge in [0.1, 0.15) is 22.9 Å². The van der Waals surface area contributed by atoms with Gasteiger partial charge in [0.05, 0.1) is 5.52 Å². The first-order valence-corrected chi connectivity index (χ1v) is 10.2. The molecule has 0 aliphatic rings. The minimum absolute atomic E-state index is 0.0704. The lowest BCUT2D eigenvalue weighted by Crippen LogP contribution is -2.44. The van der Waals surface area contributed by atoms with Crippen molar-refractivity contribution in [3.8, 4) is 11.6 Å². The standard InChI is InChI=1S/C24H23N3O5/c1-24(2,3)32-23(30)27-19(22(28)29)13-14-8-11-20-18(12-14)26-21(31-20)17-10-9-15-6-4-5-7-16(15)25-17/h4-12,19H,13H2,1-3H3,(H,27,30)(H,28,29)/t19-/m0/s1. The maximum atomic E-state index is 12.0. The summed E-state index contributed by atoms with van der Waals surface area (Å²) in [6.07, 6.45) is -0.710. The molecule has 0 fully saturated rings. The van der Waals surface area contributed by atoms with Crippen LogP contribution in [0.4, 0.5) is 4.79 Å². The lowest BCUT2D eigenvalue weighted by Gasteiger charge is -2.22. The summed E-state index contributed by atoms with van der Waals surface area (Å²) in [5, 5.41) is 12.9. The summed E-state index contributed by atoms with van der Waals surface area (Å²) in [4.78, 5) is 32.8. The topological polar surface area (TPSA) is 115 Å². The molecule has 0 spiro atoms. The average molecular weight is 433 g/mol. The summed E-state index contributed by atoms with van der Waals surface area (Å²) in [7, 11) is 0. The second-order valence-electron chi connectivity index (χ2n) is 8.45. The van der Waals surface area contributed by atoms with Crippen molar-refractivity contribution in [3.63, 3.8) is 0 Å². The van der Waals surface area contributed by atoms with E-state index in [9.17, 15) is 14.7 Å². The summed E-state index contributed by atoms with van der Waals surface area (Å²) in [6, 6.07) is 15.7. The number of oxazole rings is 1. The number of carboxylic acid groups (broad SMARTS) is 1. The van der Waals surface area contributed by atoms with E-state index in [4.69, 9.17) is 9.15 Å². The highest BCUT2D eigenvalue weighted by molar-refractivity contribution is 5.83. The second-order valence-corrected chi connectivity index (χ2v) is 8.45. The maximum absolute atomic E-state index is 12.0. The van der Waals surface area contributed by atoms with E-state index in [1.807, 2.05) is 36.4 Å². The summed E-state index contributed by atoms with van der Waals surface area (Å²) >= 11 is 0. The Hall–Kier alpha value is -3.94. The van der Waals surface area contributed by atoms with Crippen LogP contribution in [0.2, 0.25) is 0 Å². The second kappa shape index (κ2) is 8.30. The molecule has 0 aliphatic carbocycles. The van der Waals surface area contributed by atoms with Crippen LogP contribution in [0.1, 0.15) is 26.3 Å². The lowest BCUT2D eigenvalue weighted by atomic mass is 10.1. The van der Waals surface area contributed by atoms with Crippen LogP contribution in [0.25, 0.3) is 33.6 Å². The highest BCUT2D eigenvalue weighted by Gasteiger charge is 2.24. The number of aliphatic carboxylic acids is 1. The van der Waals surface area contributed by atoms with E-state index in [0.29, 0.717) is 28.2 Å². The molecule has 2 aromatic carbocycles. The first kappa shape index (κ1) is 21.3. The predicted octanol–water partition coefficient (Wildman–Crippen LogP) is 4.56. The number of amides is 1. The highest BCUT2D eigenvalue weighted by atomic mass is 16.6. The molecule has 0 radical (unpaired) electrons. The molecular formula is C24H23N3O5. The molecule has 8 nitrogen and oxygen atoms in total. The number of alkyl carbamates (subject to hydrolysis) is 1. The normalized spacial score (nSPS) is 12.6. The summed E-state index contributed by atoms with van der Waals surface area (Å²) in [5.74, 6) is -0.776. The Labute approximate surface area is 184 Å². The molecule has 0 saturated heterocycles. The highest BCUT2D eigenvalue weighted by Crippen LogP contribution is 2.26. The van der Waals surface area contributed by atoms with E-state index in [1.165, 1.54) is 0 Å². The fraction of sp³-hybridized carbons (Fsp3) is 0.250. The number of ether oxygens (including phenoxy) is 1. The molecule has 0 bridgehead atoms. The molecule has 32 heavy (non-hydrogen) atoms. The predicted molar refractivity (Wildman–Crippen MR) is 119 cm³/mol. The van der Waals surface area contributed by atoms with Crippen molar-refractivity contribution in [2.24, 2.45) is 0 Å². The molecule has 2 N–H and O–H groups in total. The van der Waals surface area contributed by atoms with Gasteiger partial charge >= 0.3 is 12.1 Å². The van der Waals surface area contributed by atoms with E-state index in [0.717, 1.165) is 10.9 Å². The number of para-hydroxylation sites is 1. The molecule has 0 aliphatic heterocycles. The zero-order valence-corrected chi connectivity index (χ0v) is 18.0. The number of aromatic nitrogens is 2. The summed E-state index contributed by atoms with van der Waals surface area (Å²) in [5.41, 5.74) is 2.55. The summed E-state index contributed by atoms with van der Waals surface area (Å²) < 4.78 is 11.0. The smallest absolute Gasteiger partial charge is 0.408 e. The number of nitrogens with one attached hydrogen (secondary N) is 1. The number of benzene rings is 2. The van der Waals surface area contributed by atoms with Crippen molar-refractivity contribution in [2.45, 2.75) is 38.8 Å². The van der Waals surface area contributed by atoms with E-state index in [2.05, 4.69) is 15.3 Å². The van der Waals surface area contributed by atoms with Crippen molar-refractivity contribution in [2.75, 3.05) is 0 Å². The number of hydrogen-bond acceptors (Lipinski definition) is 6. The minimum Gasteiger partial charge on any atom is -0.480 e. The van der Waals surface area contributed by atoms with Crippen molar-refractivity contribution in [1.29, 1.82) is 0 Å². The third kappa shape index (κ3) is 4.85. The first-order valence-electron chi connectivity index (χ1n) is 10.2. The quantitative estimate of drug-likeness (QED) is 0.474. The Kier molecular flexibility index (Phi) is 5.52. The van der Waals surface area contributed by atoms with E-state index >= 15 is 0 Å². The molecular weight excluding hydrogens is 410 g/mol. The van der Waals surface area contributed by atoms with Crippen molar-refractivity contribution >= 4 is 34.1 Å². The zero-order chi connectivity index (χ0) is 22.9. The van der Waals surface area contributed by atoms with Crippen LogP contribution in [0, 0.1) is 0 Å². The Morgan fingerprint density at radius 2 is 1.84 bits per heavy atom. The Morgan fingerprint density at radius 3 is 2.59 bits per heavy atom. The summed E-state index contributed by atoms with van der Waals surface area (Å²) in [6.45, 7) is 5.13. The van der Waals surface area contributed by atoms with Crippen molar-refractivity contribution in [3.05, 3.63) is 60.2 Å². The van der Waals surface area contributed by atoms with Crippen LogP contribution in [-0.4, -0.2) is 38.8 Å². The fourth-order valence-corrected chi connectivity index (χ4v) is 3.28. The largest absolute Gasteiger partial charge is 0.480 e. The monoisotopic (exact) mass is 433 g/mol. The lowest BCUT2D eigenvalue weighted by molar-refractivity contribution is -0.139. The van der Waals surface area contributed by atoms with Crippen LogP contribution in [0.15, 0.2) is 59.0 Å². The average Bonchev–Trinajstić information content (AvgIpc) is 3.15. The molecule has 0 saturated carbocycles. The molecule has 1 amide bonds. The fourth-order valence-electron chi connectivity index (χ4n) is 3.28. The zero-order valence-electron chi connectivity index (χ0n) is 18.0. The maximum Gasteiger partial charge on any atom is 0.408 e. The SMILES string of the molecule is CC(C)(C)OC(=O)N[C@@H](Cc1ccc2oc(-c3ccc4ccccc4n3)nc2c1)C(=O)O. The molecule has 164 valence electrons. The van der Waals surface area contributed by atoms with Gasteiger partial charge in [0.15, 0.2) is 5.58 Å². The number of rotatable bonds is 5. The molecule has 2 aromatic heterocycles. The van der Waals surface area contributed by atoms with E-state index < -0.39 is 23.7 Å². The van der Waals surface area contributed by atoms with Gasteiger partial charge in [-0.05, 0) is 50.6 Å². The van der Waals surface area contributed by atoms with Crippen LogP contribution in [0.5, 0.6) is 0 Å². The molecule has 0 unspecified atom stereocenters. The number of carbonyl (C=O) groups is 2. The van der Waals surface area contributed by atoms with Crippen LogP contribution in [0.3, 0.4) is 0 Å². The minimum atomic E-state index is -1.16. The molecule has 2 heterocycles. The molecule has 4 aromatic rings. The number of nitrogens with zero attached hydrogens (tertiary/aromatic N) is 2. The Bertz CT molecular complexity index is 1310. The first-order chi connectivity index (χ1) is 15.2. The number of hydrogen-bond donors (Lipinski definition) is 2. The van der Waals surface area contributed by atoms with Gasteiger partial charge in [-0.3, -0.25) is 0 Å². The number of pyridine rings is 1. The third-order valence-corrected chi connectivity index (χ3v) is 4.70. The van der Waals surface area contributed by atoms with Crippen LogP contribution >= 0.6 is 0 Å².